The number of carbonyl (C=O) groups is 1. The number of amides is 1. The molecule has 1 aliphatic heterocycles. The lowest BCUT2D eigenvalue weighted by Gasteiger charge is -2.23. The van der Waals surface area contributed by atoms with Crippen LogP contribution in [0.3, 0.4) is 0 Å². The van der Waals surface area contributed by atoms with Crippen LogP contribution >= 0.6 is 0 Å². The van der Waals surface area contributed by atoms with Crippen molar-refractivity contribution in [2.24, 2.45) is 0 Å². The van der Waals surface area contributed by atoms with Crippen molar-refractivity contribution >= 4 is 23.4 Å². The first-order valence-electron chi connectivity index (χ1n) is 10.9. The fraction of sp³-hybridized carbons (Fsp3) is 0.185. The van der Waals surface area contributed by atoms with Gasteiger partial charge in [-0.05, 0) is 48.4 Å². The van der Waals surface area contributed by atoms with E-state index >= 15 is 0 Å². The number of rotatable bonds is 7. The van der Waals surface area contributed by atoms with Gasteiger partial charge in [0, 0.05) is 30.5 Å². The minimum atomic E-state index is -0.475. The zero-order valence-electron chi connectivity index (χ0n) is 18.5. The largest absolute Gasteiger partial charge is 0.486 e. The number of hydrogen-bond donors (Lipinski definition) is 1. The molecule has 6 nitrogen and oxygen atoms in total. The van der Waals surface area contributed by atoms with Gasteiger partial charge in [-0.15, -0.1) is 0 Å². The Bertz CT molecular complexity index is 1180. The number of ether oxygens (including phenoxy) is 2. The molecule has 1 aliphatic rings. The van der Waals surface area contributed by atoms with E-state index in [1.54, 1.807) is 24.3 Å². The molecular formula is C27H25N3O3. The van der Waals surface area contributed by atoms with E-state index in [1.165, 1.54) is 5.56 Å². The van der Waals surface area contributed by atoms with Gasteiger partial charge in [0.15, 0.2) is 11.5 Å². The number of fused-ring (bicyclic) bond motifs is 1. The molecule has 0 saturated carbocycles. The fourth-order valence-corrected chi connectivity index (χ4v) is 3.61. The zero-order chi connectivity index (χ0) is 23.0. The van der Waals surface area contributed by atoms with Crippen LogP contribution in [0.5, 0.6) is 11.5 Å². The zero-order valence-corrected chi connectivity index (χ0v) is 18.5. The Labute approximate surface area is 193 Å². The van der Waals surface area contributed by atoms with E-state index in [2.05, 4.69) is 29.3 Å². The van der Waals surface area contributed by atoms with Gasteiger partial charge in [0.1, 0.15) is 24.9 Å². The lowest BCUT2D eigenvalue weighted by molar-refractivity contribution is -0.112. The third-order valence-electron chi connectivity index (χ3n) is 5.33. The molecule has 0 radical (unpaired) electrons. The highest BCUT2D eigenvalue weighted by Crippen LogP contribution is 2.32. The number of hydrogen-bond acceptors (Lipinski definition) is 5. The number of anilines is 2. The predicted molar refractivity (Wildman–Crippen MR) is 129 cm³/mol. The Morgan fingerprint density at radius 2 is 1.76 bits per heavy atom. The lowest BCUT2D eigenvalue weighted by Crippen LogP contribution is -2.21. The Balaban J connectivity index is 1.45. The van der Waals surface area contributed by atoms with Crippen LogP contribution in [0.4, 0.5) is 11.4 Å². The molecule has 1 amide bonds. The van der Waals surface area contributed by atoms with Crippen molar-refractivity contribution in [3.63, 3.8) is 0 Å². The normalized spacial score (nSPS) is 12.5. The molecule has 33 heavy (non-hydrogen) atoms. The van der Waals surface area contributed by atoms with Crippen LogP contribution in [0.2, 0.25) is 0 Å². The van der Waals surface area contributed by atoms with Gasteiger partial charge < -0.3 is 19.7 Å². The van der Waals surface area contributed by atoms with Crippen LogP contribution in [-0.2, 0) is 11.3 Å². The minimum absolute atomic E-state index is 0.0225. The summed E-state index contributed by atoms with van der Waals surface area (Å²) < 4.78 is 11.0. The van der Waals surface area contributed by atoms with Crippen molar-refractivity contribution in [1.82, 2.24) is 0 Å². The van der Waals surface area contributed by atoms with Crippen molar-refractivity contribution in [1.29, 1.82) is 5.26 Å². The topological polar surface area (TPSA) is 74.6 Å². The average molecular weight is 440 g/mol. The van der Waals surface area contributed by atoms with Gasteiger partial charge in [-0.2, -0.15) is 5.26 Å². The Hall–Kier alpha value is -4.24. The number of nitriles is 1. The fourth-order valence-electron chi connectivity index (χ4n) is 3.61. The molecule has 0 aromatic heterocycles. The molecule has 0 saturated heterocycles. The highest BCUT2D eigenvalue weighted by atomic mass is 16.6. The Morgan fingerprint density at radius 3 is 2.45 bits per heavy atom. The summed E-state index contributed by atoms with van der Waals surface area (Å²) in [6.45, 7) is 4.76. The maximum absolute atomic E-state index is 12.7. The van der Waals surface area contributed by atoms with Crippen LogP contribution < -0.4 is 19.7 Å². The highest BCUT2D eigenvalue weighted by Gasteiger charge is 2.15. The molecule has 1 N–H and O–H groups in total. The van der Waals surface area contributed by atoms with Gasteiger partial charge in [0.2, 0.25) is 0 Å². The average Bonchev–Trinajstić information content (AvgIpc) is 2.86. The van der Waals surface area contributed by atoms with Gasteiger partial charge in [-0.3, -0.25) is 4.79 Å². The molecule has 0 unspecified atom stereocenters. The number of nitrogens with one attached hydrogen (secondary N) is 1. The van der Waals surface area contributed by atoms with E-state index in [0.717, 1.165) is 24.3 Å². The molecule has 6 heteroatoms. The van der Waals surface area contributed by atoms with Gasteiger partial charge in [-0.25, -0.2) is 0 Å². The van der Waals surface area contributed by atoms with E-state index < -0.39 is 5.91 Å². The molecule has 4 rings (SSSR count). The van der Waals surface area contributed by atoms with Crippen LogP contribution in [-0.4, -0.2) is 25.7 Å². The van der Waals surface area contributed by atoms with Crippen LogP contribution in [0.25, 0.3) is 6.08 Å². The standard InChI is InChI=1S/C27H25N3O3/c1-2-30(19-21-6-4-3-5-7-21)24-11-8-20(9-12-24)16-22(18-28)27(31)29-23-10-13-25-26(17-23)33-15-14-32-25/h3-13,16-17H,2,14-15,19H2,1H3,(H,29,31)/b22-16+. The molecule has 0 aliphatic carbocycles. The smallest absolute Gasteiger partial charge is 0.266 e. The van der Waals surface area contributed by atoms with Crippen molar-refractivity contribution in [2.75, 3.05) is 30.0 Å². The maximum atomic E-state index is 12.7. The van der Waals surface area contributed by atoms with E-state index in [9.17, 15) is 10.1 Å². The van der Waals surface area contributed by atoms with Crippen LogP contribution in [0, 0.1) is 11.3 Å². The molecule has 0 spiro atoms. The minimum Gasteiger partial charge on any atom is -0.486 e. The molecule has 0 fully saturated rings. The number of carbonyl (C=O) groups excluding carboxylic acids is 1. The summed E-state index contributed by atoms with van der Waals surface area (Å²) in [4.78, 5) is 14.9. The summed E-state index contributed by atoms with van der Waals surface area (Å²) >= 11 is 0. The number of nitrogens with zero attached hydrogens (tertiary/aromatic N) is 2. The molecule has 3 aromatic carbocycles. The first-order valence-corrected chi connectivity index (χ1v) is 10.9. The summed E-state index contributed by atoms with van der Waals surface area (Å²) in [5.41, 5.74) is 3.67. The van der Waals surface area contributed by atoms with Gasteiger partial charge in [0.25, 0.3) is 5.91 Å². The Kier molecular flexibility index (Phi) is 6.91. The second kappa shape index (κ2) is 10.4. The first-order chi connectivity index (χ1) is 16.2. The van der Waals surface area contributed by atoms with Gasteiger partial charge >= 0.3 is 0 Å². The molecule has 3 aromatic rings. The molecule has 0 atom stereocenters. The third-order valence-corrected chi connectivity index (χ3v) is 5.33. The maximum Gasteiger partial charge on any atom is 0.266 e. The van der Waals surface area contributed by atoms with Crippen molar-refractivity contribution in [3.8, 4) is 17.6 Å². The van der Waals surface area contributed by atoms with E-state index in [4.69, 9.17) is 9.47 Å². The van der Waals surface area contributed by atoms with Gasteiger partial charge in [-0.1, -0.05) is 42.5 Å². The molecule has 166 valence electrons. The van der Waals surface area contributed by atoms with Crippen molar-refractivity contribution in [2.45, 2.75) is 13.5 Å². The Morgan fingerprint density at radius 1 is 1.03 bits per heavy atom. The third kappa shape index (κ3) is 5.52. The first kappa shape index (κ1) is 22.0. The van der Waals surface area contributed by atoms with Crippen LogP contribution in [0.1, 0.15) is 18.1 Å². The van der Waals surface area contributed by atoms with Crippen molar-refractivity contribution < 1.29 is 14.3 Å². The summed E-state index contributed by atoms with van der Waals surface area (Å²) in [7, 11) is 0. The quantitative estimate of drug-likeness (QED) is 0.413. The van der Waals surface area contributed by atoms with E-state index in [0.29, 0.717) is 30.4 Å². The second-order valence-corrected chi connectivity index (χ2v) is 7.57. The lowest BCUT2D eigenvalue weighted by atomic mass is 10.1. The molecule has 1 heterocycles. The SMILES string of the molecule is CCN(Cc1ccccc1)c1ccc(/C=C(\C#N)C(=O)Nc2ccc3c(c2)OCCO3)cc1. The van der Waals surface area contributed by atoms with E-state index in [-0.39, 0.29) is 5.57 Å². The second-order valence-electron chi connectivity index (χ2n) is 7.57. The molecule has 0 bridgehead atoms. The van der Waals surface area contributed by atoms with Crippen molar-refractivity contribution in [3.05, 3.63) is 89.5 Å². The van der Waals surface area contributed by atoms with Gasteiger partial charge in [0.05, 0.1) is 0 Å². The molecular weight excluding hydrogens is 414 g/mol. The summed E-state index contributed by atoms with van der Waals surface area (Å²) in [6, 6.07) is 25.3. The summed E-state index contributed by atoms with van der Waals surface area (Å²) in [5, 5.41) is 12.3. The summed E-state index contributed by atoms with van der Waals surface area (Å²) in [5.74, 6) is 0.745. The van der Waals surface area contributed by atoms with Crippen LogP contribution in [0.15, 0.2) is 78.4 Å². The predicted octanol–water partition coefficient (Wildman–Crippen LogP) is 5.03. The van der Waals surface area contributed by atoms with E-state index in [1.807, 2.05) is 48.5 Å². The highest BCUT2D eigenvalue weighted by molar-refractivity contribution is 6.09. The number of benzene rings is 3. The monoisotopic (exact) mass is 439 g/mol. The summed E-state index contributed by atoms with van der Waals surface area (Å²) in [6.07, 6.45) is 1.59.